The predicted molar refractivity (Wildman–Crippen MR) is 80.4 cm³/mol. The van der Waals surface area contributed by atoms with Gasteiger partial charge >= 0.3 is 5.97 Å². The first kappa shape index (κ1) is 16.1. The highest BCUT2D eigenvalue weighted by atomic mass is 16.5. The molecular weight excluding hydrogens is 286 g/mol. The van der Waals surface area contributed by atoms with E-state index in [4.69, 9.17) is 14.6 Å². The van der Waals surface area contributed by atoms with E-state index in [1.54, 1.807) is 32.2 Å². The lowest BCUT2D eigenvalue weighted by atomic mass is 10.1. The highest BCUT2D eigenvalue weighted by Crippen LogP contribution is 2.31. The molecule has 0 bridgehead atoms. The van der Waals surface area contributed by atoms with Crippen LogP contribution in [-0.2, 0) is 4.79 Å². The summed E-state index contributed by atoms with van der Waals surface area (Å²) in [5.74, 6) is 0.343. The highest BCUT2D eigenvalue weighted by molar-refractivity contribution is 5.97. The van der Waals surface area contributed by atoms with Crippen molar-refractivity contribution in [2.45, 2.75) is 32.2 Å². The summed E-state index contributed by atoms with van der Waals surface area (Å²) in [6.07, 6.45) is 2.18. The van der Waals surface area contributed by atoms with Gasteiger partial charge in [-0.1, -0.05) is 0 Å². The summed E-state index contributed by atoms with van der Waals surface area (Å²) >= 11 is 0. The van der Waals surface area contributed by atoms with E-state index in [1.165, 1.54) is 0 Å². The van der Waals surface area contributed by atoms with Crippen LogP contribution in [0.5, 0.6) is 11.5 Å². The Hall–Kier alpha value is -2.24. The molecule has 0 spiro atoms. The van der Waals surface area contributed by atoms with E-state index in [-0.39, 0.29) is 12.3 Å². The molecule has 1 unspecified atom stereocenters. The van der Waals surface area contributed by atoms with Gasteiger partial charge in [0, 0.05) is 12.1 Å². The second kappa shape index (κ2) is 7.15. The number of carbonyl (C=O) groups excluding carboxylic acids is 1. The number of benzene rings is 1. The standard InChI is InChI=1S/C16H21NO5/c1-10(7-15(18)19)17-16(20)13-6-5-12(21-2)8-14(13)22-9-11-3-4-11/h5-6,8,10-11H,3-4,7,9H2,1-2H3,(H,17,20)(H,18,19). The molecule has 1 amide bonds. The summed E-state index contributed by atoms with van der Waals surface area (Å²) in [4.78, 5) is 23.0. The first-order valence-corrected chi connectivity index (χ1v) is 7.33. The molecule has 0 heterocycles. The van der Waals surface area contributed by atoms with Gasteiger partial charge in [-0.15, -0.1) is 0 Å². The van der Waals surface area contributed by atoms with Crippen molar-refractivity contribution in [2.24, 2.45) is 5.92 Å². The van der Waals surface area contributed by atoms with E-state index in [9.17, 15) is 9.59 Å². The number of ether oxygens (including phenoxy) is 2. The van der Waals surface area contributed by atoms with Crippen molar-refractivity contribution in [3.05, 3.63) is 23.8 Å². The molecule has 1 aromatic carbocycles. The average Bonchev–Trinajstić information content (AvgIpc) is 3.27. The Kier molecular flexibility index (Phi) is 5.25. The maximum Gasteiger partial charge on any atom is 0.305 e. The van der Waals surface area contributed by atoms with Gasteiger partial charge < -0.3 is 19.9 Å². The van der Waals surface area contributed by atoms with Crippen molar-refractivity contribution in [1.29, 1.82) is 0 Å². The molecule has 0 radical (unpaired) electrons. The van der Waals surface area contributed by atoms with Crippen molar-refractivity contribution < 1.29 is 24.2 Å². The Morgan fingerprint density at radius 3 is 2.73 bits per heavy atom. The monoisotopic (exact) mass is 307 g/mol. The quantitative estimate of drug-likeness (QED) is 0.768. The molecule has 1 fully saturated rings. The Balaban J connectivity index is 2.09. The van der Waals surface area contributed by atoms with Gasteiger partial charge in [-0.3, -0.25) is 9.59 Å². The van der Waals surface area contributed by atoms with Crippen LogP contribution in [0.1, 0.15) is 36.5 Å². The minimum absolute atomic E-state index is 0.125. The predicted octanol–water partition coefficient (Wildman–Crippen LogP) is 2.08. The topological polar surface area (TPSA) is 84.9 Å². The van der Waals surface area contributed by atoms with E-state index in [2.05, 4.69) is 5.32 Å². The second-order valence-electron chi connectivity index (χ2n) is 5.59. The van der Waals surface area contributed by atoms with Crippen molar-refractivity contribution in [1.82, 2.24) is 5.32 Å². The Bertz CT molecular complexity index is 553. The Morgan fingerprint density at radius 2 is 2.14 bits per heavy atom. The third-order valence-corrected chi connectivity index (χ3v) is 3.46. The van der Waals surface area contributed by atoms with Gasteiger partial charge in [0.25, 0.3) is 5.91 Å². The van der Waals surface area contributed by atoms with Gasteiger partial charge in [-0.2, -0.15) is 0 Å². The average molecular weight is 307 g/mol. The Labute approximate surface area is 129 Å². The molecule has 0 aromatic heterocycles. The molecule has 1 aliphatic carbocycles. The fraction of sp³-hybridized carbons (Fsp3) is 0.500. The zero-order valence-corrected chi connectivity index (χ0v) is 12.8. The maximum absolute atomic E-state index is 12.3. The van der Waals surface area contributed by atoms with Crippen LogP contribution in [0.15, 0.2) is 18.2 Å². The summed E-state index contributed by atoms with van der Waals surface area (Å²) in [5, 5.41) is 11.4. The summed E-state index contributed by atoms with van der Waals surface area (Å²) in [5.41, 5.74) is 0.388. The number of rotatable bonds is 8. The fourth-order valence-electron chi connectivity index (χ4n) is 2.04. The molecule has 6 heteroatoms. The summed E-state index contributed by atoms with van der Waals surface area (Å²) in [7, 11) is 1.55. The summed E-state index contributed by atoms with van der Waals surface area (Å²) in [6.45, 7) is 2.23. The number of nitrogens with one attached hydrogen (secondary N) is 1. The lowest BCUT2D eigenvalue weighted by molar-refractivity contribution is -0.137. The van der Waals surface area contributed by atoms with Crippen LogP contribution in [0.4, 0.5) is 0 Å². The van der Waals surface area contributed by atoms with Gasteiger partial charge in [-0.05, 0) is 37.8 Å². The van der Waals surface area contributed by atoms with E-state index >= 15 is 0 Å². The molecule has 1 aliphatic rings. The van der Waals surface area contributed by atoms with E-state index in [0.29, 0.717) is 29.6 Å². The number of methoxy groups -OCH3 is 1. The molecule has 6 nitrogen and oxygen atoms in total. The van der Waals surface area contributed by atoms with Crippen molar-refractivity contribution in [2.75, 3.05) is 13.7 Å². The first-order valence-electron chi connectivity index (χ1n) is 7.33. The highest BCUT2D eigenvalue weighted by Gasteiger charge is 2.24. The minimum Gasteiger partial charge on any atom is -0.497 e. The SMILES string of the molecule is COc1ccc(C(=O)NC(C)CC(=O)O)c(OCC2CC2)c1. The molecule has 0 aliphatic heterocycles. The second-order valence-corrected chi connectivity index (χ2v) is 5.59. The van der Waals surface area contributed by atoms with Gasteiger partial charge in [0.05, 0.1) is 25.7 Å². The van der Waals surface area contributed by atoms with E-state index in [1.807, 2.05) is 0 Å². The molecule has 120 valence electrons. The van der Waals surface area contributed by atoms with Crippen LogP contribution in [-0.4, -0.2) is 36.7 Å². The molecular formula is C16H21NO5. The molecule has 2 N–H and O–H groups in total. The zero-order valence-electron chi connectivity index (χ0n) is 12.8. The number of carbonyl (C=O) groups is 2. The van der Waals surface area contributed by atoms with Crippen LogP contribution in [0, 0.1) is 5.92 Å². The van der Waals surface area contributed by atoms with Crippen molar-refractivity contribution in [3.63, 3.8) is 0 Å². The Morgan fingerprint density at radius 1 is 1.41 bits per heavy atom. The first-order chi connectivity index (χ1) is 10.5. The molecule has 1 saturated carbocycles. The van der Waals surface area contributed by atoms with Crippen LogP contribution < -0.4 is 14.8 Å². The maximum atomic E-state index is 12.3. The van der Waals surface area contributed by atoms with Gasteiger partial charge in [0.2, 0.25) is 0 Å². The van der Waals surface area contributed by atoms with Gasteiger partial charge in [0.1, 0.15) is 11.5 Å². The number of carboxylic acid groups (broad SMARTS) is 1. The number of hydrogen-bond acceptors (Lipinski definition) is 4. The molecule has 1 aromatic rings. The number of amides is 1. The largest absolute Gasteiger partial charge is 0.497 e. The molecule has 2 rings (SSSR count). The van der Waals surface area contributed by atoms with Crippen LogP contribution in [0.2, 0.25) is 0 Å². The van der Waals surface area contributed by atoms with Crippen LogP contribution in [0.25, 0.3) is 0 Å². The molecule has 1 atom stereocenters. The van der Waals surface area contributed by atoms with Crippen LogP contribution >= 0.6 is 0 Å². The third kappa shape index (κ3) is 4.65. The lowest BCUT2D eigenvalue weighted by Gasteiger charge is -2.15. The van der Waals surface area contributed by atoms with Gasteiger partial charge in [-0.25, -0.2) is 0 Å². The number of hydrogen-bond donors (Lipinski definition) is 2. The fourth-order valence-corrected chi connectivity index (χ4v) is 2.04. The van der Waals surface area contributed by atoms with Crippen LogP contribution in [0.3, 0.4) is 0 Å². The van der Waals surface area contributed by atoms with Crippen molar-refractivity contribution in [3.8, 4) is 11.5 Å². The zero-order chi connectivity index (χ0) is 16.1. The van der Waals surface area contributed by atoms with Crippen molar-refractivity contribution >= 4 is 11.9 Å². The minimum atomic E-state index is -0.951. The normalized spacial score (nSPS) is 15.0. The van der Waals surface area contributed by atoms with E-state index in [0.717, 1.165) is 12.8 Å². The molecule has 0 saturated heterocycles. The number of aliphatic carboxylic acids is 1. The smallest absolute Gasteiger partial charge is 0.305 e. The summed E-state index contributed by atoms with van der Waals surface area (Å²) < 4.78 is 10.9. The lowest BCUT2D eigenvalue weighted by Crippen LogP contribution is -2.34. The van der Waals surface area contributed by atoms with Gasteiger partial charge in [0.15, 0.2) is 0 Å². The summed E-state index contributed by atoms with van der Waals surface area (Å²) in [6, 6.07) is 4.53. The number of carboxylic acids is 1. The van der Waals surface area contributed by atoms with E-state index < -0.39 is 12.0 Å². The molecule has 22 heavy (non-hydrogen) atoms. The third-order valence-electron chi connectivity index (χ3n) is 3.46.